The third-order valence-corrected chi connectivity index (χ3v) is 5.47. The van der Waals surface area contributed by atoms with Crippen LogP contribution in [0.15, 0.2) is 52.4 Å². The zero-order chi connectivity index (χ0) is 26.9. The van der Waals surface area contributed by atoms with Gasteiger partial charge in [-0.3, -0.25) is 4.57 Å². The van der Waals surface area contributed by atoms with Crippen molar-refractivity contribution in [2.24, 2.45) is 4.99 Å². The first-order chi connectivity index (χ1) is 17.5. The number of benzene rings is 1. The van der Waals surface area contributed by atoms with Gasteiger partial charge in [-0.15, -0.1) is 5.10 Å². The number of aromatic hydroxyl groups is 1. The second kappa shape index (κ2) is 10.2. The number of hydrazine groups is 1. The number of esters is 1. The van der Waals surface area contributed by atoms with E-state index in [1.54, 1.807) is 0 Å². The van der Waals surface area contributed by atoms with Crippen LogP contribution in [0.1, 0.15) is 0 Å². The maximum atomic E-state index is 13.1. The SMILES string of the molecule is COC(=O)C1=NC(Cn2nc(-c3ccc(Cl)cc3)n(C[C@H](O)C(F)(F)F)c2=O)NN1c1ncccc1O. The van der Waals surface area contributed by atoms with Crippen LogP contribution in [0, 0.1) is 0 Å². The molecule has 196 valence electrons. The largest absolute Gasteiger partial charge is 0.504 e. The van der Waals surface area contributed by atoms with Crippen LogP contribution < -0.4 is 16.1 Å². The Bertz CT molecular complexity index is 1390. The molecule has 3 N–H and O–H groups in total. The summed E-state index contributed by atoms with van der Waals surface area (Å²) in [5.74, 6) is -1.70. The van der Waals surface area contributed by atoms with E-state index in [0.717, 1.165) is 16.8 Å². The molecule has 0 fully saturated rings. The average molecular weight is 542 g/mol. The van der Waals surface area contributed by atoms with E-state index in [2.05, 4.69) is 20.5 Å². The quantitative estimate of drug-likeness (QED) is 0.377. The number of rotatable bonds is 7. The van der Waals surface area contributed by atoms with E-state index in [-0.39, 0.29) is 35.3 Å². The second-order valence-electron chi connectivity index (χ2n) is 7.73. The van der Waals surface area contributed by atoms with E-state index in [4.69, 9.17) is 16.3 Å². The van der Waals surface area contributed by atoms with Gasteiger partial charge in [0.25, 0.3) is 0 Å². The van der Waals surface area contributed by atoms with E-state index < -0.39 is 36.6 Å². The van der Waals surface area contributed by atoms with Gasteiger partial charge in [0.1, 0.15) is 6.17 Å². The molecule has 37 heavy (non-hydrogen) atoms. The third kappa shape index (κ3) is 5.42. The van der Waals surface area contributed by atoms with Gasteiger partial charge in [-0.05, 0) is 36.4 Å². The first kappa shape index (κ1) is 26.1. The van der Waals surface area contributed by atoms with Gasteiger partial charge in [0.05, 0.1) is 20.2 Å². The van der Waals surface area contributed by atoms with Gasteiger partial charge in [0.2, 0.25) is 5.84 Å². The van der Waals surface area contributed by atoms with Crippen LogP contribution in [0.3, 0.4) is 0 Å². The smallest absolute Gasteiger partial charge is 0.416 e. The number of nitrogens with zero attached hydrogens (tertiary/aromatic N) is 6. The highest BCUT2D eigenvalue weighted by atomic mass is 35.5. The van der Waals surface area contributed by atoms with E-state index >= 15 is 0 Å². The van der Waals surface area contributed by atoms with Gasteiger partial charge in [0.15, 0.2) is 23.5 Å². The van der Waals surface area contributed by atoms with Crippen molar-refractivity contribution in [1.82, 2.24) is 24.8 Å². The lowest BCUT2D eigenvalue weighted by molar-refractivity contribution is -0.207. The summed E-state index contributed by atoms with van der Waals surface area (Å²) in [5, 5.41) is 25.3. The molecule has 1 unspecified atom stereocenters. The Hall–Kier alpha value is -3.95. The number of carbonyl (C=O) groups is 1. The minimum atomic E-state index is -4.98. The molecule has 16 heteroatoms. The molecule has 0 amide bonds. The Balaban J connectivity index is 1.70. The zero-order valence-corrected chi connectivity index (χ0v) is 19.7. The van der Waals surface area contributed by atoms with Gasteiger partial charge < -0.3 is 14.9 Å². The number of anilines is 1. The van der Waals surface area contributed by atoms with Crippen LogP contribution in [-0.2, 0) is 22.6 Å². The Kier molecular flexibility index (Phi) is 7.20. The molecule has 1 aliphatic rings. The van der Waals surface area contributed by atoms with Crippen LogP contribution in [-0.4, -0.2) is 66.9 Å². The molecule has 0 saturated carbocycles. The van der Waals surface area contributed by atoms with Crippen molar-refractivity contribution >= 4 is 29.2 Å². The first-order valence-corrected chi connectivity index (χ1v) is 10.9. The number of aromatic nitrogens is 4. The normalized spacial score (nSPS) is 16.5. The molecule has 3 heterocycles. The highest BCUT2D eigenvalue weighted by Crippen LogP contribution is 2.26. The number of aliphatic imine (C=N–C) groups is 1. The highest BCUT2D eigenvalue weighted by molar-refractivity contribution is 6.41. The predicted molar refractivity (Wildman–Crippen MR) is 124 cm³/mol. The van der Waals surface area contributed by atoms with Crippen molar-refractivity contribution in [1.29, 1.82) is 0 Å². The van der Waals surface area contributed by atoms with Gasteiger partial charge in [0, 0.05) is 16.8 Å². The Labute approximate surface area is 211 Å². The molecule has 12 nitrogen and oxygen atoms in total. The summed E-state index contributed by atoms with van der Waals surface area (Å²) in [6.45, 7) is -1.46. The molecule has 0 aliphatic carbocycles. The molecule has 0 spiro atoms. The lowest BCUT2D eigenvalue weighted by atomic mass is 10.2. The molecule has 4 rings (SSSR count). The maximum absolute atomic E-state index is 13.1. The monoisotopic (exact) mass is 541 g/mol. The van der Waals surface area contributed by atoms with Crippen LogP contribution in [0.2, 0.25) is 5.02 Å². The van der Waals surface area contributed by atoms with Crippen molar-refractivity contribution in [3.05, 3.63) is 58.1 Å². The number of methoxy groups -OCH3 is 1. The molecule has 2 atom stereocenters. The van der Waals surface area contributed by atoms with Gasteiger partial charge in [-0.25, -0.2) is 34.7 Å². The summed E-state index contributed by atoms with van der Waals surface area (Å²) in [6.07, 6.45) is -7.49. The van der Waals surface area contributed by atoms with Crippen LogP contribution in [0.5, 0.6) is 5.75 Å². The van der Waals surface area contributed by atoms with Crippen molar-refractivity contribution in [2.45, 2.75) is 31.5 Å². The van der Waals surface area contributed by atoms with Crippen molar-refractivity contribution in [3.8, 4) is 17.1 Å². The number of amidine groups is 1. The number of alkyl halides is 3. The zero-order valence-electron chi connectivity index (χ0n) is 18.9. The number of pyridine rings is 1. The Morgan fingerprint density at radius 2 is 1.97 bits per heavy atom. The number of nitrogens with one attached hydrogen (secondary N) is 1. The van der Waals surface area contributed by atoms with Crippen LogP contribution in [0.25, 0.3) is 11.4 Å². The summed E-state index contributed by atoms with van der Waals surface area (Å²) in [4.78, 5) is 33.5. The molecular formula is C21H19ClF3N7O5. The van der Waals surface area contributed by atoms with E-state index in [0.29, 0.717) is 9.59 Å². The summed E-state index contributed by atoms with van der Waals surface area (Å²) in [7, 11) is 1.12. The molecule has 0 radical (unpaired) electrons. The molecule has 2 aromatic heterocycles. The standard InChI is InChI=1S/C21H19ClF3N7O5/c1-37-19(35)18-27-15(28-32(18)17-13(33)3-2-8-26-17)10-31-20(36)30(9-14(34)21(23,24)25)16(29-31)11-4-6-12(22)7-5-11/h2-8,14-15,28,33-34H,9-10H2,1H3/t14-,15?/m0/s1. The van der Waals surface area contributed by atoms with Gasteiger partial charge in [-0.1, -0.05) is 11.6 Å². The third-order valence-electron chi connectivity index (χ3n) is 5.22. The number of aliphatic hydroxyl groups excluding tert-OH is 1. The number of aliphatic hydroxyl groups is 1. The Morgan fingerprint density at radius 3 is 2.59 bits per heavy atom. The second-order valence-corrected chi connectivity index (χ2v) is 8.17. The fourth-order valence-corrected chi connectivity index (χ4v) is 3.59. The molecule has 1 aliphatic heterocycles. The maximum Gasteiger partial charge on any atom is 0.416 e. The van der Waals surface area contributed by atoms with Crippen molar-refractivity contribution in [2.75, 3.05) is 12.1 Å². The number of hydrogen-bond donors (Lipinski definition) is 3. The van der Waals surface area contributed by atoms with E-state index in [9.17, 15) is 33.0 Å². The lowest BCUT2D eigenvalue weighted by Crippen LogP contribution is -2.46. The predicted octanol–water partition coefficient (Wildman–Crippen LogP) is 1.31. The van der Waals surface area contributed by atoms with Crippen LogP contribution >= 0.6 is 11.6 Å². The summed E-state index contributed by atoms with van der Waals surface area (Å²) in [5.41, 5.74) is 2.08. The van der Waals surface area contributed by atoms with Gasteiger partial charge in [-0.2, -0.15) is 13.2 Å². The molecule has 0 bridgehead atoms. The minimum absolute atomic E-state index is 0.0813. The number of ether oxygens (including phenoxy) is 1. The fourth-order valence-electron chi connectivity index (χ4n) is 3.46. The van der Waals surface area contributed by atoms with Crippen LogP contribution in [0.4, 0.5) is 19.0 Å². The first-order valence-electron chi connectivity index (χ1n) is 10.5. The summed E-state index contributed by atoms with van der Waals surface area (Å²) >= 11 is 5.89. The lowest BCUT2D eigenvalue weighted by Gasteiger charge is -2.19. The average Bonchev–Trinajstić information content (AvgIpc) is 3.40. The Morgan fingerprint density at radius 1 is 1.27 bits per heavy atom. The molecule has 0 saturated heterocycles. The topological polar surface area (TPSA) is 147 Å². The summed E-state index contributed by atoms with van der Waals surface area (Å²) in [6, 6.07) is 8.63. The van der Waals surface area contributed by atoms with E-state index in [1.165, 1.54) is 42.6 Å². The molecule has 3 aromatic rings. The van der Waals surface area contributed by atoms with E-state index in [1.807, 2.05) is 0 Å². The number of hydrogen-bond acceptors (Lipinski definition) is 10. The number of carbonyl (C=O) groups excluding carboxylic acids is 1. The fraction of sp³-hybridized carbons (Fsp3) is 0.286. The van der Waals surface area contributed by atoms with Crippen molar-refractivity contribution < 1.29 is 32.9 Å². The van der Waals surface area contributed by atoms with Crippen molar-refractivity contribution in [3.63, 3.8) is 0 Å². The van der Waals surface area contributed by atoms with Gasteiger partial charge >= 0.3 is 17.8 Å². The molecular weight excluding hydrogens is 523 g/mol. The molecule has 1 aromatic carbocycles. The minimum Gasteiger partial charge on any atom is -0.504 e. The highest BCUT2D eigenvalue weighted by Gasteiger charge is 2.40. The number of halogens is 4. The summed E-state index contributed by atoms with van der Waals surface area (Å²) < 4.78 is 45.4.